The van der Waals surface area contributed by atoms with Crippen molar-refractivity contribution in [3.8, 4) is 0 Å². The number of esters is 4. The van der Waals surface area contributed by atoms with Gasteiger partial charge in [0.1, 0.15) is 19.3 Å². The third kappa shape index (κ3) is 64.6. The molecule has 0 rings (SSSR count). The van der Waals surface area contributed by atoms with E-state index in [1.54, 1.807) is 0 Å². The van der Waals surface area contributed by atoms with Crippen molar-refractivity contribution in [2.45, 2.75) is 374 Å². The topological polar surface area (TPSA) is 237 Å². The number of rotatable bonds is 69. The van der Waals surface area contributed by atoms with E-state index in [0.29, 0.717) is 25.7 Å². The first-order valence-corrected chi connectivity index (χ1v) is 39.5. The van der Waals surface area contributed by atoms with Crippen molar-refractivity contribution in [3.63, 3.8) is 0 Å². The van der Waals surface area contributed by atoms with Gasteiger partial charge in [0, 0.05) is 25.7 Å². The molecule has 2 unspecified atom stereocenters. The highest BCUT2D eigenvalue weighted by molar-refractivity contribution is 7.47. The molecule has 0 fully saturated rings. The smallest absolute Gasteiger partial charge is 0.462 e. The van der Waals surface area contributed by atoms with Gasteiger partial charge in [0.05, 0.1) is 26.4 Å². The molecule has 528 valence electrons. The van der Waals surface area contributed by atoms with Gasteiger partial charge in [-0.15, -0.1) is 0 Å². The average Bonchev–Trinajstić information content (AvgIpc) is 3.52. The van der Waals surface area contributed by atoms with Crippen LogP contribution in [0.5, 0.6) is 0 Å². The lowest BCUT2D eigenvalue weighted by molar-refractivity contribution is -0.161. The fourth-order valence-corrected chi connectivity index (χ4v) is 12.2. The van der Waals surface area contributed by atoms with E-state index in [1.807, 2.05) is 0 Å². The number of aliphatic hydroxyl groups is 1. The Bertz CT molecular complexity index is 1730. The highest BCUT2D eigenvalue weighted by atomic mass is 31.2. The van der Waals surface area contributed by atoms with Crippen LogP contribution in [0.2, 0.25) is 0 Å². The second-order valence-corrected chi connectivity index (χ2v) is 29.1. The predicted octanol–water partition coefficient (Wildman–Crippen LogP) is 20.0. The molecule has 0 aliphatic rings. The summed E-state index contributed by atoms with van der Waals surface area (Å²) < 4.78 is 68.2. The van der Waals surface area contributed by atoms with Crippen LogP contribution < -0.4 is 0 Å². The summed E-state index contributed by atoms with van der Waals surface area (Å²) in [6.45, 7) is 9.52. The molecule has 0 heterocycles. The van der Waals surface area contributed by atoms with Crippen LogP contribution in [-0.2, 0) is 65.4 Å². The number of phosphoric acid groups is 2. The van der Waals surface area contributed by atoms with Crippen molar-refractivity contribution in [3.05, 3.63) is 0 Å². The Hall–Kier alpha value is -1.94. The van der Waals surface area contributed by atoms with Crippen LogP contribution in [0.4, 0.5) is 0 Å². The van der Waals surface area contributed by atoms with Gasteiger partial charge >= 0.3 is 39.5 Å². The number of phosphoric ester groups is 2. The SMILES string of the molecule is CCCCCCCCCCCCCCC(=O)O[C@H](COC(=O)CCCCCCCCC)COP(=O)(O)OC[C@H](O)COP(=O)(O)OC[C@@H](COC(=O)CCCCCCCCCCCC(C)C)OC(=O)CCCCCCCCCCCCCCCCCC(C)C. The molecule has 0 saturated carbocycles. The predicted molar refractivity (Wildman–Crippen MR) is 358 cm³/mol. The van der Waals surface area contributed by atoms with Gasteiger partial charge in [-0.3, -0.25) is 37.3 Å². The minimum absolute atomic E-state index is 0.107. The molecule has 19 heteroatoms. The van der Waals surface area contributed by atoms with Crippen LogP contribution in [-0.4, -0.2) is 96.7 Å². The molecule has 3 N–H and O–H groups in total. The van der Waals surface area contributed by atoms with Gasteiger partial charge < -0.3 is 33.8 Å². The quantitative estimate of drug-likeness (QED) is 0.0222. The molecule has 0 aliphatic heterocycles. The van der Waals surface area contributed by atoms with Crippen molar-refractivity contribution in [1.29, 1.82) is 0 Å². The van der Waals surface area contributed by atoms with E-state index in [1.165, 1.54) is 161 Å². The lowest BCUT2D eigenvalue weighted by Gasteiger charge is -2.21. The zero-order valence-electron chi connectivity index (χ0n) is 57.7. The lowest BCUT2D eigenvalue weighted by atomic mass is 10.0. The Kier molecular flexibility index (Phi) is 60.8. The van der Waals surface area contributed by atoms with Crippen LogP contribution in [0, 0.1) is 11.8 Å². The number of unbranched alkanes of at least 4 members (excludes halogenated alkanes) is 39. The maximum Gasteiger partial charge on any atom is 0.472 e. The Morgan fingerprint density at radius 3 is 0.764 bits per heavy atom. The molecule has 0 spiro atoms. The Labute approximate surface area is 543 Å². The summed E-state index contributed by atoms with van der Waals surface area (Å²) in [6, 6.07) is 0. The van der Waals surface area contributed by atoms with Crippen molar-refractivity contribution in [2.75, 3.05) is 39.6 Å². The van der Waals surface area contributed by atoms with E-state index >= 15 is 0 Å². The molecule has 17 nitrogen and oxygen atoms in total. The summed E-state index contributed by atoms with van der Waals surface area (Å²) in [5, 5.41) is 10.6. The van der Waals surface area contributed by atoms with Crippen LogP contribution >= 0.6 is 15.6 Å². The number of aliphatic hydroxyl groups excluding tert-OH is 1. The van der Waals surface area contributed by atoms with Gasteiger partial charge in [-0.25, -0.2) is 9.13 Å². The number of hydrogen-bond donors (Lipinski definition) is 3. The zero-order chi connectivity index (χ0) is 65.7. The second kappa shape index (κ2) is 62.2. The van der Waals surface area contributed by atoms with Gasteiger partial charge in [0.25, 0.3) is 0 Å². The van der Waals surface area contributed by atoms with Crippen molar-refractivity contribution in [1.82, 2.24) is 0 Å². The van der Waals surface area contributed by atoms with Crippen molar-refractivity contribution >= 4 is 39.5 Å². The molecule has 0 aromatic rings. The maximum absolute atomic E-state index is 13.0. The highest BCUT2D eigenvalue weighted by Crippen LogP contribution is 2.45. The van der Waals surface area contributed by atoms with Crippen LogP contribution in [0.25, 0.3) is 0 Å². The van der Waals surface area contributed by atoms with E-state index in [4.69, 9.17) is 37.0 Å². The summed E-state index contributed by atoms with van der Waals surface area (Å²) in [5.41, 5.74) is 0. The summed E-state index contributed by atoms with van der Waals surface area (Å²) in [6.07, 6.45) is 47.3. The van der Waals surface area contributed by atoms with E-state index in [-0.39, 0.29) is 25.7 Å². The molecule has 0 aliphatic carbocycles. The van der Waals surface area contributed by atoms with E-state index in [9.17, 15) is 43.2 Å². The first-order chi connectivity index (χ1) is 42.9. The lowest BCUT2D eigenvalue weighted by Crippen LogP contribution is -2.30. The van der Waals surface area contributed by atoms with E-state index in [2.05, 4.69) is 41.5 Å². The minimum atomic E-state index is -4.95. The molecule has 0 bridgehead atoms. The average molecular weight is 1310 g/mol. The molecular formula is C70H136O17P2. The number of carbonyl (C=O) groups is 4. The third-order valence-electron chi connectivity index (χ3n) is 16.2. The zero-order valence-corrected chi connectivity index (χ0v) is 59.5. The fourth-order valence-electron chi connectivity index (χ4n) is 10.6. The first kappa shape index (κ1) is 87.1. The summed E-state index contributed by atoms with van der Waals surface area (Å²) >= 11 is 0. The van der Waals surface area contributed by atoms with Crippen LogP contribution in [0.3, 0.4) is 0 Å². The van der Waals surface area contributed by atoms with Gasteiger partial charge in [-0.2, -0.15) is 0 Å². The molecular weight excluding hydrogens is 1170 g/mol. The number of carbonyl (C=O) groups excluding carboxylic acids is 4. The van der Waals surface area contributed by atoms with E-state index < -0.39 is 97.5 Å². The summed E-state index contributed by atoms with van der Waals surface area (Å²) in [4.78, 5) is 72.4. The first-order valence-electron chi connectivity index (χ1n) is 36.5. The molecule has 0 saturated heterocycles. The van der Waals surface area contributed by atoms with E-state index in [0.717, 1.165) is 115 Å². The van der Waals surface area contributed by atoms with Gasteiger partial charge in [0.15, 0.2) is 12.2 Å². The molecule has 0 radical (unpaired) electrons. The Balaban J connectivity index is 5.19. The monoisotopic (exact) mass is 1310 g/mol. The Morgan fingerprint density at radius 2 is 0.517 bits per heavy atom. The third-order valence-corrected chi connectivity index (χ3v) is 18.1. The van der Waals surface area contributed by atoms with Crippen molar-refractivity contribution in [2.24, 2.45) is 11.8 Å². The Morgan fingerprint density at radius 1 is 0.303 bits per heavy atom. The molecule has 5 atom stereocenters. The van der Waals surface area contributed by atoms with Gasteiger partial charge in [-0.1, -0.05) is 305 Å². The maximum atomic E-state index is 13.0. The fraction of sp³-hybridized carbons (Fsp3) is 0.943. The van der Waals surface area contributed by atoms with Crippen LogP contribution in [0.15, 0.2) is 0 Å². The summed E-state index contributed by atoms with van der Waals surface area (Å²) in [7, 11) is -9.89. The largest absolute Gasteiger partial charge is 0.472 e. The second-order valence-electron chi connectivity index (χ2n) is 26.2. The van der Waals surface area contributed by atoms with Gasteiger partial charge in [-0.05, 0) is 37.5 Å². The molecule has 0 aromatic heterocycles. The molecule has 0 amide bonds. The van der Waals surface area contributed by atoms with Gasteiger partial charge in [0.2, 0.25) is 0 Å². The van der Waals surface area contributed by atoms with Crippen molar-refractivity contribution < 1.29 is 80.2 Å². The standard InChI is InChI=1S/C70H136O17P2/c1-7-9-11-13-15-16-17-24-29-36-42-48-54-69(74)86-65(58-80-67(72)52-46-40-32-14-12-10-8-2)60-84-88(76,77)82-56-64(71)57-83-89(78,79)85-61-66(59-81-68(73)53-47-41-35-31-26-28-34-39-45-51-63(5)6)87-70(75)55-49-43-37-30-25-22-20-18-19-21-23-27-33-38-44-50-62(3)4/h62-66,71H,7-61H2,1-6H3,(H,76,77)(H,78,79)/t64-,65+,66+/m0/s1. The molecule has 0 aromatic carbocycles. The minimum Gasteiger partial charge on any atom is -0.462 e. The number of ether oxygens (including phenoxy) is 4. The highest BCUT2D eigenvalue weighted by Gasteiger charge is 2.30. The normalized spacial score (nSPS) is 14.1. The molecule has 89 heavy (non-hydrogen) atoms. The van der Waals surface area contributed by atoms with Crippen LogP contribution in [0.1, 0.15) is 356 Å². The summed E-state index contributed by atoms with van der Waals surface area (Å²) in [5.74, 6) is -0.581. The number of hydrogen-bond acceptors (Lipinski definition) is 15.